The molecule has 0 aliphatic rings. The molecule has 0 unspecified atom stereocenters. The summed E-state index contributed by atoms with van der Waals surface area (Å²) in [5.74, 6) is -2.90. The molecule has 0 aliphatic heterocycles. The predicted octanol–water partition coefficient (Wildman–Crippen LogP) is 2.41. The van der Waals surface area contributed by atoms with Gasteiger partial charge in [-0.05, 0) is 43.9 Å². The number of amides is 2. The Labute approximate surface area is 189 Å². The minimum Gasteiger partial charge on any atom is -0.466 e. The van der Waals surface area contributed by atoms with Crippen molar-refractivity contribution >= 4 is 35.4 Å². The second kappa shape index (κ2) is 13.6. The molecule has 0 radical (unpaired) electrons. The Morgan fingerprint density at radius 3 is 2.39 bits per heavy atom. The maximum absolute atomic E-state index is 13.0. The molecule has 172 valence electrons. The Kier molecular flexibility index (Phi) is 10.9. The van der Waals surface area contributed by atoms with E-state index in [2.05, 4.69) is 5.32 Å². The molecule has 0 heterocycles. The van der Waals surface area contributed by atoms with Crippen molar-refractivity contribution in [1.82, 2.24) is 10.6 Å². The fourth-order valence-corrected chi connectivity index (χ4v) is 2.99. The van der Waals surface area contributed by atoms with Crippen LogP contribution in [0, 0.1) is 5.92 Å². The van der Waals surface area contributed by atoms with Gasteiger partial charge in [0.2, 0.25) is 11.8 Å². The van der Waals surface area contributed by atoms with Crippen molar-refractivity contribution in [3.8, 4) is 0 Å². The fraction of sp³-hybridized carbons (Fsp3) is 0.545. The molecule has 1 aromatic carbocycles. The van der Waals surface area contributed by atoms with Crippen LogP contribution >= 0.6 is 11.6 Å². The number of carbonyl (C=O) groups is 4. The monoisotopic (exact) mass is 455 g/mol. The largest absolute Gasteiger partial charge is 0.466 e. The molecule has 2 N–H and O–H groups in total. The van der Waals surface area contributed by atoms with Crippen LogP contribution in [0.2, 0.25) is 6.43 Å². The highest BCUT2D eigenvalue weighted by molar-refractivity contribution is 6.30. The van der Waals surface area contributed by atoms with Crippen molar-refractivity contribution in [2.75, 3.05) is 13.2 Å². The Balaban J connectivity index is 2.92. The highest BCUT2D eigenvalue weighted by atomic mass is 35.5. The van der Waals surface area contributed by atoms with Crippen LogP contribution in [0.1, 0.15) is 46.1 Å². The number of ether oxygens (including phenoxy) is 2. The number of nitrogens with one attached hydrogen (secondary N) is 2. The molecule has 0 spiro atoms. The van der Waals surface area contributed by atoms with Crippen molar-refractivity contribution < 1.29 is 30.1 Å². The van der Waals surface area contributed by atoms with E-state index < -0.39 is 41.8 Å². The summed E-state index contributed by atoms with van der Waals surface area (Å²) in [4.78, 5) is 49.6. The standard InChI is InChI=1S/C22H31ClN2O6/c1-5-30-19(27)11-10-17(22(29)31-6-2)24-21(28)20(14(3)4)25-18(26)13-15-8-7-9-16(23)12-15/h7-9,12,14,17,20H,5-6,10-11,13H2,1-4H3,(H,24,28)(H,25,26)/t17-,20-/m0/s1/i/hD. The Bertz CT molecular complexity index is 804. The van der Waals surface area contributed by atoms with Gasteiger partial charge in [0.15, 0.2) is 1.41 Å². The van der Waals surface area contributed by atoms with Gasteiger partial charge in [0.05, 0.1) is 19.6 Å². The third kappa shape index (κ3) is 9.83. The first-order chi connectivity index (χ1) is 15.1. The number of esters is 2. The van der Waals surface area contributed by atoms with Gasteiger partial charge in [0, 0.05) is 11.4 Å². The summed E-state index contributed by atoms with van der Waals surface area (Å²) in [6.45, 7) is 6.97. The van der Waals surface area contributed by atoms with Crippen molar-refractivity contribution in [2.45, 2.75) is 59.0 Å². The highest BCUT2D eigenvalue weighted by Crippen LogP contribution is 2.12. The Hall–Kier alpha value is -2.61. The zero-order valence-electron chi connectivity index (χ0n) is 19.4. The summed E-state index contributed by atoms with van der Waals surface area (Å²) < 4.78 is 18.1. The van der Waals surface area contributed by atoms with E-state index in [0.717, 1.165) is 0 Å². The van der Waals surface area contributed by atoms with Crippen LogP contribution in [-0.4, -0.2) is 49.1 Å². The molecular formula is C22H31ClN2O6. The van der Waals surface area contributed by atoms with Crippen LogP contribution in [0.5, 0.6) is 0 Å². The molecule has 2 amide bonds. The van der Waals surface area contributed by atoms with Crippen molar-refractivity contribution in [3.63, 3.8) is 0 Å². The molecule has 0 saturated carbocycles. The van der Waals surface area contributed by atoms with E-state index in [4.69, 9.17) is 22.5 Å². The van der Waals surface area contributed by atoms with Crippen LogP contribution in [0.4, 0.5) is 0 Å². The van der Waals surface area contributed by atoms with Crippen LogP contribution in [0.3, 0.4) is 0 Å². The van der Waals surface area contributed by atoms with Gasteiger partial charge in [-0.25, -0.2) is 4.79 Å². The third-order valence-corrected chi connectivity index (χ3v) is 4.49. The van der Waals surface area contributed by atoms with Crippen LogP contribution < -0.4 is 10.6 Å². The number of halogens is 1. The molecule has 2 atom stereocenters. The average Bonchev–Trinajstić information content (AvgIpc) is 2.71. The molecule has 9 heteroatoms. The van der Waals surface area contributed by atoms with E-state index in [1.807, 2.05) is 0 Å². The first-order valence-electron chi connectivity index (χ1n) is 10.7. The zero-order chi connectivity index (χ0) is 24.3. The predicted molar refractivity (Wildman–Crippen MR) is 116 cm³/mol. The first kappa shape index (κ1) is 24.7. The number of benzene rings is 1. The molecule has 1 rings (SSSR count). The molecule has 0 aromatic heterocycles. The summed E-state index contributed by atoms with van der Waals surface area (Å²) in [5, 5.41) is 3.61. The minimum absolute atomic E-state index is 0.0251. The molecule has 0 fully saturated rings. The quantitative estimate of drug-likeness (QED) is 0.468. The summed E-state index contributed by atoms with van der Waals surface area (Å²) in [5.41, 5.74) is 0.613. The topological polar surface area (TPSA) is 111 Å². The lowest BCUT2D eigenvalue weighted by atomic mass is 10.0. The van der Waals surface area contributed by atoms with E-state index in [9.17, 15) is 19.2 Å². The molecule has 8 nitrogen and oxygen atoms in total. The number of hydrogen-bond acceptors (Lipinski definition) is 6. The van der Waals surface area contributed by atoms with Gasteiger partial charge >= 0.3 is 11.9 Å². The third-order valence-electron chi connectivity index (χ3n) is 4.26. The average molecular weight is 456 g/mol. The van der Waals surface area contributed by atoms with E-state index in [0.29, 0.717) is 15.9 Å². The Morgan fingerprint density at radius 1 is 1.13 bits per heavy atom. The number of hydrogen-bond donors (Lipinski definition) is 2. The smallest absolute Gasteiger partial charge is 0.328 e. The molecule has 1 aromatic rings. The molecule has 31 heavy (non-hydrogen) atoms. The molecular weight excluding hydrogens is 424 g/mol. The van der Waals surface area contributed by atoms with Gasteiger partial charge in [-0.2, -0.15) is 0 Å². The lowest BCUT2D eigenvalue weighted by Gasteiger charge is -2.25. The normalized spacial score (nSPS) is 13.0. The summed E-state index contributed by atoms with van der Waals surface area (Å²) in [6, 6.07) is 4.42. The zero-order valence-corrected chi connectivity index (χ0v) is 19.1. The minimum atomic E-state index is -1.15. The maximum Gasteiger partial charge on any atom is 0.328 e. The Morgan fingerprint density at radius 2 is 1.81 bits per heavy atom. The van der Waals surface area contributed by atoms with E-state index >= 15 is 0 Å². The molecule has 0 aliphatic carbocycles. The van der Waals surface area contributed by atoms with Crippen molar-refractivity contribution in [3.05, 3.63) is 34.9 Å². The first-order valence-corrected chi connectivity index (χ1v) is 10.7. The maximum atomic E-state index is 13.0. The van der Waals surface area contributed by atoms with Gasteiger partial charge < -0.3 is 20.1 Å². The lowest BCUT2D eigenvalue weighted by Crippen LogP contribution is -2.54. The van der Waals surface area contributed by atoms with Crippen LogP contribution in [0.15, 0.2) is 24.3 Å². The van der Waals surface area contributed by atoms with Crippen LogP contribution in [-0.2, 0) is 35.1 Å². The SMILES string of the molecule is [2H]N(C(=O)Cc1cccc(Cl)c1)[C@H](C(=O)N[C@@H](CCC(=O)OCC)C(=O)OCC)C(C)C. The molecule has 0 saturated heterocycles. The van der Waals surface area contributed by atoms with Gasteiger partial charge in [0.1, 0.15) is 12.1 Å². The fourth-order valence-electron chi connectivity index (χ4n) is 2.78. The van der Waals surface area contributed by atoms with Gasteiger partial charge in [-0.1, -0.05) is 37.6 Å². The molecule has 0 bridgehead atoms. The van der Waals surface area contributed by atoms with E-state index in [-0.39, 0.29) is 32.5 Å². The lowest BCUT2D eigenvalue weighted by molar-refractivity contribution is -0.149. The summed E-state index contributed by atoms with van der Waals surface area (Å²) in [6.07, 6.45) is -0.227. The van der Waals surface area contributed by atoms with E-state index in [1.165, 1.54) is 0 Å². The van der Waals surface area contributed by atoms with Gasteiger partial charge in [-0.3, -0.25) is 14.4 Å². The second-order valence-corrected chi connectivity index (χ2v) is 7.61. The van der Waals surface area contributed by atoms with Crippen molar-refractivity contribution in [1.29, 1.82) is 0 Å². The highest BCUT2D eigenvalue weighted by Gasteiger charge is 2.29. The second-order valence-electron chi connectivity index (χ2n) is 7.18. The van der Waals surface area contributed by atoms with E-state index in [1.54, 1.807) is 52.0 Å². The summed E-state index contributed by atoms with van der Waals surface area (Å²) >= 11 is 5.94. The summed E-state index contributed by atoms with van der Waals surface area (Å²) in [7, 11) is 0. The van der Waals surface area contributed by atoms with Gasteiger partial charge in [0.25, 0.3) is 0 Å². The number of carbonyl (C=O) groups excluding carboxylic acids is 4. The number of rotatable bonds is 12. The van der Waals surface area contributed by atoms with Crippen LogP contribution in [0.25, 0.3) is 0 Å². The van der Waals surface area contributed by atoms with Gasteiger partial charge in [-0.15, -0.1) is 0 Å². The van der Waals surface area contributed by atoms with Crippen molar-refractivity contribution in [2.24, 2.45) is 5.92 Å².